The van der Waals surface area contributed by atoms with Gasteiger partial charge in [0.2, 0.25) is 0 Å². The van der Waals surface area contributed by atoms with Gasteiger partial charge in [0.05, 0.1) is 6.04 Å². The van der Waals surface area contributed by atoms with Crippen molar-refractivity contribution in [3.63, 3.8) is 0 Å². The fraction of sp³-hybridized carbons (Fsp3) is 0.0370. The molecule has 0 radical (unpaired) electrons. The molecule has 8 aromatic carbocycles. The molecule has 2 unspecified atom stereocenters. The van der Waals surface area contributed by atoms with E-state index >= 15 is 0 Å². The van der Waals surface area contributed by atoms with Gasteiger partial charge in [0.25, 0.3) is 0 Å². The number of fused-ring (bicyclic) bond motifs is 9. The lowest BCUT2D eigenvalue weighted by atomic mass is 9.89. The zero-order chi connectivity index (χ0) is 38.2. The van der Waals surface area contributed by atoms with Gasteiger partial charge in [0.15, 0.2) is 0 Å². The van der Waals surface area contributed by atoms with Crippen LogP contribution in [-0.4, -0.2) is 6.04 Å². The Morgan fingerprint density at radius 1 is 0.448 bits per heavy atom. The summed E-state index contributed by atoms with van der Waals surface area (Å²) >= 11 is 0. The number of benzene rings is 8. The maximum atomic E-state index is 6.26. The van der Waals surface area contributed by atoms with Crippen LogP contribution in [0, 0.1) is 0 Å². The van der Waals surface area contributed by atoms with Crippen LogP contribution in [0.4, 0.5) is 22.7 Å². The molecule has 1 aliphatic heterocycles. The van der Waals surface area contributed by atoms with Crippen molar-refractivity contribution >= 4 is 66.6 Å². The van der Waals surface area contributed by atoms with E-state index in [0.29, 0.717) is 0 Å². The van der Waals surface area contributed by atoms with E-state index in [4.69, 9.17) is 8.83 Å². The van der Waals surface area contributed by atoms with Gasteiger partial charge < -0.3 is 18.6 Å². The first-order chi connectivity index (χ1) is 28.8. The van der Waals surface area contributed by atoms with Crippen molar-refractivity contribution in [3.8, 4) is 22.3 Å². The number of nitrogens with zero attached hydrogens (tertiary/aromatic N) is 2. The number of hydrogen-bond donors (Lipinski definition) is 0. The van der Waals surface area contributed by atoms with Crippen LogP contribution in [0.2, 0.25) is 0 Å². The lowest BCUT2D eigenvalue weighted by molar-refractivity contribution is 0.668. The summed E-state index contributed by atoms with van der Waals surface area (Å²) in [6, 6.07) is 67.0. The maximum Gasteiger partial charge on any atom is 0.136 e. The van der Waals surface area contributed by atoms with Crippen molar-refractivity contribution in [2.45, 2.75) is 12.0 Å². The highest BCUT2D eigenvalue weighted by Gasteiger charge is 2.39. The second kappa shape index (κ2) is 13.0. The van der Waals surface area contributed by atoms with Gasteiger partial charge in [0.1, 0.15) is 22.3 Å². The standard InChI is InChI=1S/C54H36N2O2/c1-2-12-37(13-3-1)56-47-19-7-4-14-43(47)44-33-32-40(34-48(44)56)55(38-28-24-35(25-29-38)41-17-10-22-51-53(41)45-15-5-8-20-49(45)57-51)39-30-26-36(27-31-39)42-18-11-23-52-54(42)46-16-6-9-21-50(46)58-52/h1-34,44,48H. The van der Waals surface area contributed by atoms with Crippen LogP contribution in [0.1, 0.15) is 11.5 Å². The first-order valence-corrected chi connectivity index (χ1v) is 19.9. The minimum Gasteiger partial charge on any atom is -0.456 e. The summed E-state index contributed by atoms with van der Waals surface area (Å²) < 4.78 is 12.5. The van der Waals surface area contributed by atoms with Crippen LogP contribution in [0.5, 0.6) is 0 Å². The van der Waals surface area contributed by atoms with E-state index in [0.717, 1.165) is 83.2 Å². The molecule has 2 atom stereocenters. The largest absolute Gasteiger partial charge is 0.456 e. The Labute approximate surface area is 335 Å². The van der Waals surface area contributed by atoms with Crippen molar-refractivity contribution in [1.29, 1.82) is 0 Å². The summed E-state index contributed by atoms with van der Waals surface area (Å²) in [4.78, 5) is 4.90. The molecule has 4 heteroatoms. The summed E-state index contributed by atoms with van der Waals surface area (Å²) in [5, 5.41) is 4.55. The SMILES string of the molecule is C1=CC2c3ccccc3N(c3ccccc3)C2C=C1N(c1ccc(-c2cccc3oc4ccccc4c23)cc1)c1ccc(-c2cccc3oc4ccccc4c23)cc1. The molecule has 58 heavy (non-hydrogen) atoms. The number of allylic oxidation sites excluding steroid dienone is 1. The molecule has 2 aromatic heterocycles. The Morgan fingerprint density at radius 3 is 1.57 bits per heavy atom. The Bertz CT molecular complexity index is 3090. The molecule has 4 nitrogen and oxygen atoms in total. The van der Waals surface area contributed by atoms with Gasteiger partial charge in [-0.05, 0) is 107 Å². The van der Waals surface area contributed by atoms with Gasteiger partial charge in [-0.15, -0.1) is 0 Å². The molecule has 0 spiro atoms. The number of para-hydroxylation sites is 4. The molecule has 0 saturated heterocycles. The van der Waals surface area contributed by atoms with E-state index in [2.05, 4.69) is 192 Å². The highest BCUT2D eigenvalue weighted by Crippen LogP contribution is 2.49. The first kappa shape index (κ1) is 32.7. The Hall–Kier alpha value is -7.56. The van der Waals surface area contributed by atoms with Gasteiger partial charge in [-0.25, -0.2) is 0 Å². The highest BCUT2D eigenvalue weighted by molar-refractivity contribution is 6.13. The first-order valence-electron chi connectivity index (χ1n) is 19.9. The molecule has 3 heterocycles. The Morgan fingerprint density at radius 2 is 0.966 bits per heavy atom. The zero-order valence-corrected chi connectivity index (χ0v) is 31.5. The Balaban J connectivity index is 0.988. The van der Waals surface area contributed by atoms with Crippen molar-refractivity contribution in [2.75, 3.05) is 9.80 Å². The molecule has 0 N–H and O–H groups in total. The predicted octanol–water partition coefficient (Wildman–Crippen LogP) is 14.7. The molecule has 0 saturated carbocycles. The predicted molar refractivity (Wildman–Crippen MR) is 239 cm³/mol. The summed E-state index contributed by atoms with van der Waals surface area (Å²) in [6.45, 7) is 0. The van der Waals surface area contributed by atoms with Crippen molar-refractivity contribution in [1.82, 2.24) is 0 Å². The number of furan rings is 2. The van der Waals surface area contributed by atoms with Crippen molar-refractivity contribution in [2.24, 2.45) is 0 Å². The fourth-order valence-corrected chi connectivity index (χ4v) is 9.43. The van der Waals surface area contributed by atoms with Crippen molar-refractivity contribution in [3.05, 3.63) is 218 Å². The van der Waals surface area contributed by atoms with Crippen LogP contribution in [0.3, 0.4) is 0 Å². The van der Waals surface area contributed by atoms with Crippen LogP contribution >= 0.6 is 0 Å². The fourth-order valence-electron chi connectivity index (χ4n) is 9.43. The van der Waals surface area contributed by atoms with E-state index in [9.17, 15) is 0 Å². The molecule has 2 aliphatic rings. The third-order valence-corrected chi connectivity index (χ3v) is 12.0. The summed E-state index contributed by atoms with van der Waals surface area (Å²) in [5.41, 5.74) is 15.3. The average Bonchev–Trinajstić information content (AvgIpc) is 3.97. The van der Waals surface area contributed by atoms with E-state index in [-0.39, 0.29) is 12.0 Å². The second-order valence-corrected chi connectivity index (χ2v) is 15.2. The van der Waals surface area contributed by atoms with Gasteiger partial charge in [-0.3, -0.25) is 0 Å². The van der Waals surface area contributed by atoms with Crippen LogP contribution in [-0.2, 0) is 0 Å². The van der Waals surface area contributed by atoms with E-state index < -0.39 is 0 Å². The molecule has 0 bridgehead atoms. The number of hydrogen-bond acceptors (Lipinski definition) is 4. The maximum absolute atomic E-state index is 6.26. The zero-order valence-electron chi connectivity index (χ0n) is 31.5. The third kappa shape index (κ3) is 5.08. The minimum absolute atomic E-state index is 0.111. The molecule has 274 valence electrons. The molecule has 12 rings (SSSR count). The topological polar surface area (TPSA) is 32.8 Å². The van der Waals surface area contributed by atoms with Crippen molar-refractivity contribution < 1.29 is 8.83 Å². The minimum atomic E-state index is 0.111. The van der Waals surface area contributed by atoms with Crippen LogP contribution in [0.15, 0.2) is 221 Å². The van der Waals surface area contributed by atoms with Gasteiger partial charge >= 0.3 is 0 Å². The molecular formula is C54H36N2O2. The van der Waals surface area contributed by atoms with Gasteiger partial charge in [-0.1, -0.05) is 127 Å². The Kier molecular flexibility index (Phi) is 7.32. The normalized spacial score (nSPS) is 15.9. The highest BCUT2D eigenvalue weighted by atomic mass is 16.3. The number of rotatable bonds is 6. The lowest BCUT2D eigenvalue weighted by Crippen LogP contribution is -2.31. The smallest absolute Gasteiger partial charge is 0.136 e. The van der Waals surface area contributed by atoms with Gasteiger partial charge in [-0.2, -0.15) is 0 Å². The van der Waals surface area contributed by atoms with E-state index in [1.165, 1.54) is 16.9 Å². The van der Waals surface area contributed by atoms with E-state index in [1.54, 1.807) is 0 Å². The van der Waals surface area contributed by atoms with Crippen LogP contribution in [0.25, 0.3) is 66.1 Å². The molecule has 0 fully saturated rings. The summed E-state index contributed by atoms with van der Waals surface area (Å²) in [7, 11) is 0. The summed E-state index contributed by atoms with van der Waals surface area (Å²) in [6.07, 6.45) is 7.16. The van der Waals surface area contributed by atoms with Gasteiger partial charge in [0, 0.05) is 55.9 Å². The molecule has 10 aromatic rings. The monoisotopic (exact) mass is 744 g/mol. The molecule has 1 aliphatic carbocycles. The molecular weight excluding hydrogens is 709 g/mol. The quantitative estimate of drug-likeness (QED) is 0.170. The average molecular weight is 745 g/mol. The molecule has 0 amide bonds. The second-order valence-electron chi connectivity index (χ2n) is 15.2. The summed E-state index contributed by atoms with van der Waals surface area (Å²) in [5.74, 6) is 0.238. The number of anilines is 4. The third-order valence-electron chi connectivity index (χ3n) is 12.0. The van der Waals surface area contributed by atoms with E-state index in [1.807, 2.05) is 24.3 Å². The lowest BCUT2D eigenvalue weighted by Gasteiger charge is -2.34. The van der Waals surface area contributed by atoms with Crippen LogP contribution < -0.4 is 9.80 Å².